The molecular weight excluding hydrogens is 290 g/mol. The van der Waals surface area contributed by atoms with Crippen LogP contribution < -0.4 is 5.32 Å². The van der Waals surface area contributed by atoms with Crippen LogP contribution >= 0.6 is 0 Å². The van der Waals surface area contributed by atoms with Gasteiger partial charge >= 0.3 is 0 Å². The van der Waals surface area contributed by atoms with Crippen LogP contribution in [0.3, 0.4) is 0 Å². The highest BCUT2D eigenvalue weighted by atomic mass is 16.7. The molecule has 4 rings (SSSR count). The fourth-order valence-corrected chi connectivity index (χ4v) is 4.77. The molecule has 4 heteroatoms. The minimum atomic E-state index is -0.482. The van der Waals surface area contributed by atoms with Gasteiger partial charge in [0.05, 0.1) is 24.7 Å². The Kier molecular flexibility index (Phi) is 3.69. The molecule has 1 spiro atoms. The molecular formula is C19H25NO3. The van der Waals surface area contributed by atoms with Crippen LogP contribution in [0.25, 0.3) is 0 Å². The average molecular weight is 315 g/mol. The molecule has 23 heavy (non-hydrogen) atoms. The Morgan fingerprint density at radius 2 is 1.91 bits per heavy atom. The van der Waals surface area contributed by atoms with Crippen molar-refractivity contribution in [3.05, 3.63) is 35.9 Å². The molecule has 1 saturated heterocycles. The highest BCUT2D eigenvalue weighted by Gasteiger charge is 2.65. The second kappa shape index (κ2) is 5.60. The van der Waals surface area contributed by atoms with Crippen LogP contribution in [0.5, 0.6) is 0 Å². The van der Waals surface area contributed by atoms with Gasteiger partial charge in [-0.2, -0.15) is 0 Å². The first-order valence-corrected chi connectivity index (χ1v) is 8.80. The van der Waals surface area contributed by atoms with Gasteiger partial charge in [0.1, 0.15) is 0 Å². The van der Waals surface area contributed by atoms with Crippen LogP contribution in [0.4, 0.5) is 0 Å². The molecule has 3 atom stereocenters. The highest BCUT2D eigenvalue weighted by molar-refractivity contribution is 5.84. The number of carbonyl (C=O) groups is 1. The molecule has 124 valence electrons. The van der Waals surface area contributed by atoms with Crippen molar-refractivity contribution in [3.63, 3.8) is 0 Å². The summed E-state index contributed by atoms with van der Waals surface area (Å²) >= 11 is 0. The summed E-state index contributed by atoms with van der Waals surface area (Å²) in [6, 6.07) is 10.2. The number of benzene rings is 1. The van der Waals surface area contributed by atoms with Crippen molar-refractivity contribution in [3.8, 4) is 0 Å². The van der Waals surface area contributed by atoms with Crippen LogP contribution in [-0.4, -0.2) is 24.9 Å². The summed E-state index contributed by atoms with van der Waals surface area (Å²) < 4.78 is 12.0. The molecule has 1 aromatic carbocycles. The Morgan fingerprint density at radius 3 is 2.57 bits per heavy atom. The highest BCUT2D eigenvalue weighted by Crippen LogP contribution is 2.61. The summed E-state index contributed by atoms with van der Waals surface area (Å²) in [5.41, 5.74) is 0.859. The van der Waals surface area contributed by atoms with Crippen LogP contribution in [0, 0.1) is 11.3 Å². The normalized spacial score (nSPS) is 32.8. The fraction of sp³-hybridized carbons (Fsp3) is 0.632. The van der Waals surface area contributed by atoms with Crippen LogP contribution in [-0.2, 0) is 14.3 Å². The first-order valence-electron chi connectivity index (χ1n) is 8.80. The van der Waals surface area contributed by atoms with Gasteiger partial charge in [0.15, 0.2) is 5.79 Å². The molecule has 1 unspecified atom stereocenters. The summed E-state index contributed by atoms with van der Waals surface area (Å²) in [5, 5.41) is 3.24. The first kappa shape index (κ1) is 15.2. The van der Waals surface area contributed by atoms with E-state index >= 15 is 0 Å². The Morgan fingerprint density at radius 1 is 1.17 bits per heavy atom. The van der Waals surface area contributed by atoms with Crippen LogP contribution in [0.1, 0.15) is 50.6 Å². The first-order chi connectivity index (χ1) is 11.2. The predicted octanol–water partition coefficient (Wildman–Crippen LogP) is 3.19. The molecule has 1 N–H and O–H groups in total. The lowest BCUT2D eigenvalue weighted by Gasteiger charge is -2.58. The predicted molar refractivity (Wildman–Crippen MR) is 86.6 cm³/mol. The molecule has 0 bridgehead atoms. The van der Waals surface area contributed by atoms with Gasteiger partial charge in [-0.15, -0.1) is 0 Å². The van der Waals surface area contributed by atoms with Gasteiger partial charge in [0.2, 0.25) is 5.91 Å². The molecule has 0 aromatic heterocycles. The summed E-state index contributed by atoms with van der Waals surface area (Å²) in [5.74, 6) is -0.0819. The average Bonchev–Trinajstić information content (AvgIpc) is 2.99. The second-order valence-corrected chi connectivity index (χ2v) is 7.22. The monoisotopic (exact) mass is 315 g/mol. The van der Waals surface area contributed by atoms with Crippen molar-refractivity contribution >= 4 is 5.91 Å². The molecule has 4 nitrogen and oxygen atoms in total. The molecule has 1 heterocycles. The summed E-state index contributed by atoms with van der Waals surface area (Å²) in [6.07, 6.45) is 4.89. The minimum Gasteiger partial charge on any atom is -0.349 e. The second-order valence-electron chi connectivity index (χ2n) is 7.22. The maximum absolute atomic E-state index is 13.1. The number of ether oxygens (including phenoxy) is 2. The quantitative estimate of drug-likeness (QED) is 0.932. The van der Waals surface area contributed by atoms with Gasteiger partial charge in [0, 0.05) is 12.3 Å². The number of hydrogen-bond acceptors (Lipinski definition) is 3. The van der Waals surface area contributed by atoms with Crippen molar-refractivity contribution in [2.24, 2.45) is 11.3 Å². The van der Waals surface area contributed by atoms with Crippen LogP contribution in [0.15, 0.2) is 30.3 Å². The number of rotatable bonds is 3. The SMILES string of the molecule is C[C@H](NC(=O)[C@@]12CCCC3(OCCO3)C1CC2)c1ccccc1. The molecule has 0 radical (unpaired) electrons. The zero-order chi connectivity index (χ0) is 15.9. The smallest absolute Gasteiger partial charge is 0.227 e. The van der Waals surface area contributed by atoms with Crippen molar-refractivity contribution in [1.29, 1.82) is 0 Å². The number of nitrogens with one attached hydrogen (secondary N) is 1. The summed E-state index contributed by atoms with van der Waals surface area (Å²) in [7, 11) is 0. The molecule has 3 aliphatic rings. The number of amides is 1. The molecule has 1 aliphatic heterocycles. The lowest BCUT2D eigenvalue weighted by molar-refractivity contribution is -0.270. The topological polar surface area (TPSA) is 47.6 Å². The van der Waals surface area contributed by atoms with E-state index in [4.69, 9.17) is 9.47 Å². The van der Waals surface area contributed by atoms with Crippen molar-refractivity contribution in [2.75, 3.05) is 13.2 Å². The van der Waals surface area contributed by atoms with Crippen molar-refractivity contribution < 1.29 is 14.3 Å². The van der Waals surface area contributed by atoms with E-state index in [0.717, 1.165) is 37.7 Å². The van der Waals surface area contributed by atoms with E-state index in [1.54, 1.807) is 0 Å². The van der Waals surface area contributed by atoms with E-state index in [9.17, 15) is 4.79 Å². The van der Waals surface area contributed by atoms with Gasteiger partial charge < -0.3 is 14.8 Å². The maximum Gasteiger partial charge on any atom is 0.227 e. The zero-order valence-electron chi connectivity index (χ0n) is 13.7. The third-order valence-corrected chi connectivity index (χ3v) is 6.10. The number of fused-ring (bicyclic) bond motifs is 2. The Balaban J connectivity index is 1.51. The van der Waals surface area contributed by atoms with E-state index in [0.29, 0.717) is 13.2 Å². The molecule has 3 fully saturated rings. The molecule has 2 saturated carbocycles. The lowest BCUT2D eigenvalue weighted by Crippen LogP contribution is -2.63. The molecule has 1 amide bonds. The van der Waals surface area contributed by atoms with Gasteiger partial charge in [-0.3, -0.25) is 4.79 Å². The van der Waals surface area contributed by atoms with E-state index in [1.807, 2.05) is 18.2 Å². The van der Waals surface area contributed by atoms with Crippen molar-refractivity contribution in [1.82, 2.24) is 5.32 Å². The zero-order valence-corrected chi connectivity index (χ0v) is 13.7. The Labute approximate surface area is 137 Å². The largest absolute Gasteiger partial charge is 0.349 e. The van der Waals surface area contributed by atoms with Gasteiger partial charge in [-0.05, 0) is 38.2 Å². The third kappa shape index (κ3) is 2.31. The standard InChI is InChI=1S/C19H25NO3/c1-14(15-6-3-2-4-7-15)20-17(21)18-9-5-10-19(16(18)8-11-18)22-12-13-23-19/h2-4,6-7,14,16H,5,8-13H2,1H3,(H,20,21)/t14-,16?,18+/m0/s1. The lowest BCUT2D eigenvalue weighted by atomic mass is 9.51. The van der Waals surface area contributed by atoms with E-state index in [-0.39, 0.29) is 23.3 Å². The van der Waals surface area contributed by atoms with E-state index in [1.165, 1.54) is 0 Å². The summed E-state index contributed by atoms with van der Waals surface area (Å²) in [4.78, 5) is 13.1. The fourth-order valence-electron chi connectivity index (χ4n) is 4.77. The maximum atomic E-state index is 13.1. The summed E-state index contributed by atoms with van der Waals surface area (Å²) in [6.45, 7) is 3.38. The van der Waals surface area contributed by atoms with Crippen LogP contribution in [0.2, 0.25) is 0 Å². The number of carbonyl (C=O) groups excluding carboxylic acids is 1. The van der Waals surface area contributed by atoms with Gasteiger partial charge in [-0.1, -0.05) is 30.3 Å². The van der Waals surface area contributed by atoms with E-state index in [2.05, 4.69) is 24.4 Å². The molecule has 2 aliphatic carbocycles. The Bertz CT molecular complexity index is 582. The van der Waals surface area contributed by atoms with Gasteiger partial charge in [0.25, 0.3) is 0 Å². The van der Waals surface area contributed by atoms with Gasteiger partial charge in [-0.25, -0.2) is 0 Å². The number of hydrogen-bond donors (Lipinski definition) is 1. The van der Waals surface area contributed by atoms with E-state index < -0.39 is 5.79 Å². The molecule has 1 aromatic rings. The minimum absolute atomic E-state index is 0.0302. The van der Waals surface area contributed by atoms with Crippen molar-refractivity contribution in [2.45, 2.75) is 50.9 Å². The Hall–Kier alpha value is -1.39. The third-order valence-electron chi connectivity index (χ3n) is 6.10.